The third kappa shape index (κ3) is 4.46. The summed E-state index contributed by atoms with van der Waals surface area (Å²) in [5, 5.41) is 7.73. The van der Waals surface area contributed by atoms with E-state index in [1.807, 2.05) is 30.3 Å². The Bertz CT molecular complexity index is 1170. The van der Waals surface area contributed by atoms with E-state index >= 15 is 0 Å². The van der Waals surface area contributed by atoms with Gasteiger partial charge in [-0.25, -0.2) is 15.0 Å². The fraction of sp³-hybridized carbons (Fsp3) is 0.174. The van der Waals surface area contributed by atoms with Crippen LogP contribution >= 0.6 is 22.6 Å². The van der Waals surface area contributed by atoms with E-state index in [2.05, 4.69) is 74.2 Å². The van der Waals surface area contributed by atoms with Gasteiger partial charge in [0.05, 0.1) is 18.8 Å². The average molecular weight is 511 g/mol. The number of nitrogens with zero attached hydrogens (tertiary/aromatic N) is 3. The van der Waals surface area contributed by atoms with Crippen molar-refractivity contribution in [2.24, 2.45) is 0 Å². The lowest BCUT2D eigenvalue weighted by molar-refractivity contribution is 0.414. The summed E-state index contributed by atoms with van der Waals surface area (Å²) in [4.78, 5) is 13.3. The Labute approximate surface area is 189 Å². The van der Waals surface area contributed by atoms with Crippen molar-refractivity contribution in [3.8, 4) is 5.75 Å². The highest BCUT2D eigenvalue weighted by Crippen LogP contribution is 2.27. The Hall–Kier alpha value is -2.94. The van der Waals surface area contributed by atoms with Crippen molar-refractivity contribution < 1.29 is 4.74 Å². The lowest BCUT2D eigenvalue weighted by atomic mass is 10.1. The van der Waals surface area contributed by atoms with E-state index in [1.165, 1.54) is 14.7 Å². The molecule has 0 aliphatic rings. The summed E-state index contributed by atoms with van der Waals surface area (Å²) in [7, 11) is 1.67. The van der Waals surface area contributed by atoms with Gasteiger partial charge >= 0.3 is 0 Å². The molecular weight excluding hydrogens is 489 g/mol. The zero-order valence-electron chi connectivity index (χ0n) is 17.0. The highest BCUT2D eigenvalue weighted by Gasteiger charge is 2.09. The molecule has 0 atom stereocenters. The molecule has 152 valence electrons. The molecule has 2 aromatic carbocycles. The van der Waals surface area contributed by atoms with Gasteiger partial charge in [-0.3, -0.25) is 0 Å². The number of halogens is 1. The van der Waals surface area contributed by atoms with Gasteiger partial charge in [0.1, 0.15) is 23.7 Å². The maximum absolute atomic E-state index is 5.21. The number of methoxy groups -OCH3 is 1. The van der Waals surface area contributed by atoms with E-state index in [-0.39, 0.29) is 0 Å². The number of benzene rings is 2. The summed E-state index contributed by atoms with van der Waals surface area (Å²) in [6.07, 6.45) is 3.32. The van der Waals surface area contributed by atoms with Crippen LogP contribution in [-0.2, 0) is 6.54 Å². The highest BCUT2D eigenvalue weighted by molar-refractivity contribution is 14.1. The van der Waals surface area contributed by atoms with Crippen molar-refractivity contribution >= 4 is 50.8 Å². The van der Waals surface area contributed by atoms with Gasteiger partial charge in [-0.05, 0) is 83.5 Å². The molecule has 2 heterocycles. The van der Waals surface area contributed by atoms with E-state index in [9.17, 15) is 0 Å². The number of fused-ring (bicyclic) bond motifs is 1. The average Bonchev–Trinajstić information content (AvgIpc) is 2.76. The molecule has 0 fully saturated rings. The SMILES string of the molecule is COc1ccc(CNc2cc3c(Nc4cc(C)c(C)c(I)c4)ncnc3cn2)cc1. The normalized spacial score (nSPS) is 10.8. The lowest BCUT2D eigenvalue weighted by Gasteiger charge is -2.12. The van der Waals surface area contributed by atoms with Crippen LogP contribution in [0.15, 0.2) is 55.0 Å². The van der Waals surface area contributed by atoms with Gasteiger partial charge in [-0.15, -0.1) is 0 Å². The smallest absolute Gasteiger partial charge is 0.141 e. The molecule has 0 saturated heterocycles. The largest absolute Gasteiger partial charge is 0.497 e. The van der Waals surface area contributed by atoms with Gasteiger partial charge in [0.15, 0.2) is 0 Å². The molecule has 2 aromatic heterocycles. The highest BCUT2D eigenvalue weighted by atomic mass is 127. The number of hydrogen-bond donors (Lipinski definition) is 2. The number of nitrogens with one attached hydrogen (secondary N) is 2. The van der Waals surface area contributed by atoms with Crippen LogP contribution in [0, 0.1) is 17.4 Å². The topological polar surface area (TPSA) is 72.0 Å². The second kappa shape index (κ2) is 8.83. The molecule has 0 amide bonds. The van der Waals surface area contributed by atoms with Gasteiger partial charge in [0.2, 0.25) is 0 Å². The van der Waals surface area contributed by atoms with Crippen LogP contribution < -0.4 is 15.4 Å². The Balaban J connectivity index is 1.58. The first-order valence-corrected chi connectivity index (χ1v) is 10.6. The minimum Gasteiger partial charge on any atom is -0.497 e. The summed E-state index contributed by atoms with van der Waals surface area (Å²) in [5.41, 5.74) is 5.48. The van der Waals surface area contributed by atoms with Crippen molar-refractivity contribution in [2.75, 3.05) is 17.7 Å². The van der Waals surface area contributed by atoms with E-state index in [0.29, 0.717) is 6.54 Å². The fourth-order valence-corrected chi connectivity index (χ4v) is 3.88. The summed E-state index contributed by atoms with van der Waals surface area (Å²) in [6, 6.07) is 14.2. The first kappa shape index (κ1) is 20.3. The first-order chi connectivity index (χ1) is 14.5. The molecular formula is C23H22IN5O. The van der Waals surface area contributed by atoms with Crippen LogP contribution in [0.5, 0.6) is 5.75 Å². The molecule has 4 aromatic rings. The monoisotopic (exact) mass is 511 g/mol. The quantitative estimate of drug-likeness (QED) is 0.328. The summed E-state index contributed by atoms with van der Waals surface area (Å²) < 4.78 is 6.43. The predicted octanol–water partition coefficient (Wildman–Crippen LogP) is 5.61. The molecule has 7 heteroatoms. The Morgan fingerprint density at radius 2 is 1.80 bits per heavy atom. The van der Waals surface area contributed by atoms with Gasteiger partial charge in [-0.2, -0.15) is 0 Å². The maximum Gasteiger partial charge on any atom is 0.141 e. The standard InChI is InChI=1S/C23H22IN5O/c1-14-8-17(9-20(24)15(14)2)29-23-19-10-22(26-12-21(19)27-13-28-23)25-11-16-4-6-18(30-3)7-5-16/h4-10,12-13H,11H2,1-3H3,(H,25,26)(H,27,28,29). The van der Waals surface area contributed by atoms with Crippen molar-refractivity contribution in [1.82, 2.24) is 15.0 Å². The molecule has 0 spiro atoms. The minimum absolute atomic E-state index is 0.661. The van der Waals surface area contributed by atoms with E-state index in [4.69, 9.17) is 4.74 Å². The van der Waals surface area contributed by atoms with E-state index in [0.717, 1.165) is 39.5 Å². The molecule has 6 nitrogen and oxygen atoms in total. The van der Waals surface area contributed by atoms with Crippen molar-refractivity contribution in [3.05, 3.63) is 75.2 Å². The van der Waals surface area contributed by atoms with Crippen molar-refractivity contribution in [1.29, 1.82) is 0 Å². The number of aryl methyl sites for hydroxylation is 1. The van der Waals surface area contributed by atoms with Crippen LogP contribution in [0.1, 0.15) is 16.7 Å². The third-order valence-corrected chi connectivity index (χ3v) is 6.14. The first-order valence-electron chi connectivity index (χ1n) is 9.55. The summed E-state index contributed by atoms with van der Waals surface area (Å²) >= 11 is 2.36. The number of hydrogen-bond acceptors (Lipinski definition) is 6. The van der Waals surface area contributed by atoms with Crippen LogP contribution in [-0.4, -0.2) is 22.1 Å². The fourth-order valence-electron chi connectivity index (χ4n) is 3.12. The van der Waals surface area contributed by atoms with Gasteiger partial charge in [0, 0.05) is 21.2 Å². The third-order valence-electron chi connectivity index (χ3n) is 5.02. The van der Waals surface area contributed by atoms with Gasteiger partial charge in [0.25, 0.3) is 0 Å². The lowest BCUT2D eigenvalue weighted by Crippen LogP contribution is -2.03. The molecule has 0 bridgehead atoms. The minimum atomic E-state index is 0.661. The zero-order chi connectivity index (χ0) is 21.1. The summed E-state index contributed by atoms with van der Waals surface area (Å²) in [6.45, 7) is 4.91. The number of anilines is 3. The molecule has 0 aliphatic carbocycles. The van der Waals surface area contributed by atoms with Crippen LogP contribution in [0.4, 0.5) is 17.3 Å². The number of ether oxygens (including phenoxy) is 1. The number of aromatic nitrogens is 3. The Morgan fingerprint density at radius 1 is 1.00 bits per heavy atom. The molecule has 0 aliphatic heterocycles. The number of rotatable bonds is 6. The van der Waals surface area contributed by atoms with Crippen LogP contribution in [0.3, 0.4) is 0 Å². The molecule has 0 saturated carbocycles. The molecule has 0 unspecified atom stereocenters. The van der Waals surface area contributed by atoms with E-state index in [1.54, 1.807) is 19.6 Å². The molecule has 0 radical (unpaired) electrons. The number of pyridine rings is 1. The van der Waals surface area contributed by atoms with Crippen LogP contribution in [0.2, 0.25) is 0 Å². The van der Waals surface area contributed by atoms with Crippen LogP contribution in [0.25, 0.3) is 10.9 Å². The van der Waals surface area contributed by atoms with Gasteiger partial charge < -0.3 is 15.4 Å². The summed E-state index contributed by atoms with van der Waals surface area (Å²) in [5.74, 6) is 2.37. The maximum atomic E-state index is 5.21. The zero-order valence-corrected chi connectivity index (χ0v) is 19.2. The second-order valence-corrected chi connectivity index (χ2v) is 8.20. The van der Waals surface area contributed by atoms with E-state index < -0.39 is 0 Å². The molecule has 2 N–H and O–H groups in total. The van der Waals surface area contributed by atoms with Gasteiger partial charge in [-0.1, -0.05) is 12.1 Å². The second-order valence-electron chi connectivity index (χ2n) is 7.04. The predicted molar refractivity (Wildman–Crippen MR) is 130 cm³/mol. The Kier molecular flexibility index (Phi) is 5.98. The molecule has 30 heavy (non-hydrogen) atoms. The molecule has 4 rings (SSSR count). The Morgan fingerprint density at radius 3 is 2.53 bits per heavy atom. The van der Waals surface area contributed by atoms with Crippen molar-refractivity contribution in [2.45, 2.75) is 20.4 Å². The van der Waals surface area contributed by atoms with Crippen molar-refractivity contribution in [3.63, 3.8) is 0 Å².